The minimum absolute atomic E-state index is 0. The summed E-state index contributed by atoms with van der Waals surface area (Å²) in [6.45, 7) is 5.76. The van der Waals surface area contributed by atoms with E-state index in [2.05, 4.69) is 82.5 Å². The van der Waals surface area contributed by atoms with Crippen LogP contribution in [0.5, 0.6) is 0 Å². The molecule has 2 nitrogen and oxygen atoms in total. The van der Waals surface area contributed by atoms with E-state index >= 15 is 0 Å². The highest BCUT2D eigenvalue weighted by molar-refractivity contribution is 14.1. The maximum Gasteiger partial charge on any atom is 0.0774 e. The molecule has 4 heteroatoms. The SMILES string of the molecule is CC.Cl.Ic1cccc(CO[C@H]2CCCN[C@H]2c2ccccc2)c1. The molecule has 0 saturated carbocycles. The van der Waals surface area contributed by atoms with Crippen LogP contribution in [0.25, 0.3) is 0 Å². The van der Waals surface area contributed by atoms with E-state index in [1.165, 1.54) is 21.1 Å². The molecule has 0 amide bonds. The molecule has 0 aromatic heterocycles. The van der Waals surface area contributed by atoms with Gasteiger partial charge in [0.15, 0.2) is 0 Å². The van der Waals surface area contributed by atoms with Gasteiger partial charge in [-0.25, -0.2) is 0 Å². The smallest absolute Gasteiger partial charge is 0.0774 e. The number of hydrogen-bond acceptors (Lipinski definition) is 2. The second kappa shape index (κ2) is 11.9. The van der Waals surface area contributed by atoms with E-state index in [1.54, 1.807) is 0 Å². The highest BCUT2D eigenvalue weighted by Gasteiger charge is 2.26. The van der Waals surface area contributed by atoms with E-state index in [9.17, 15) is 0 Å². The van der Waals surface area contributed by atoms with Crippen LogP contribution in [0.15, 0.2) is 54.6 Å². The molecule has 1 aliphatic rings. The second-order valence-corrected chi connectivity index (χ2v) is 6.71. The Morgan fingerprint density at radius 1 is 1.08 bits per heavy atom. The lowest BCUT2D eigenvalue weighted by atomic mass is 9.94. The van der Waals surface area contributed by atoms with Gasteiger partial charge in [0.2, 0.25) is 0 Å². The minimum atomic E-state index is 0. The van der Waals surface area contributed by atoms with Crippen molar-refractivity contribution >= 4 is 35.0 Å². The van der Waals surface area contributed by atoms with Crippen LogP contribution in [0.1, 0.15) is 43.9 Å². The van der Waals surface area contributed by atoms with Gasteiger partial charge in [-0.15, -0.1) is 12.4 Å². The summed E-state index contributed by atoms with van der Waals surface area (Å²) in [4.78, 5) is 0. The molecule has 0 spiro atoms. The lowest BCUT2D eigenvalue weighted by Gasteiger charge is -2.33. The van der Waals surface area contributed by atoms with Gasteiger partial charge in [-0.3, -0.25) is 0 Å². The van der Waals surface area contributed by atoms with E-state index in [0.717, 1.165) is 13.0 Å². The predicted octanol–water partition coefficient (Wildman–Crippen LogP) is 5.75. The molecule has 2 aromatic rings. The second-order valence-electron chi connectivity index (χ2n) is 5.46. The van der Waals surface area contributed by atoms with E-state index < -0.39 is 0 Å². The zero-order valence-corrected chi connectivity index (χ0v) is 17.3. The largest absolute Gasteiger partial charge is 0.372 e. The van der Waals surface area contributed by atoms with Crippen molar-refractivity contribution in [3.63, 3.8) is 0 Å². The number of piperidine rings is 1. The van der Waals surface area contributed by atoms with Crippen molar-refractivity contribution in [3.8, 4) is 0 Å². The van der Waals surface area contributed by atoms with Gasteiger partial charge >= 0.3 is 0 Å². The van der Waals surface area contributed by atoms with E-state index in [-0.39, 0.29) is 18.5 Å². The lowest BCUT2D eigenvalue weighted by molar-refractivity contribution is -0.00358. The van der Waals surface area contributed by atoms with Crippen LogP contribution in [-0.4, -0.2) is 12.6 Å². The number of ether oxygens (including phenoxy) is 1. The molecule has 0 radical (unpaired) electrons. The Hall–Kier alpha value is -0.620. The fourth-order valence-electron chi connectivity index (χ4n) is 2.86. The van der Waals surface area contributed by atoms with Crippen molar-refractivity contribution in [2.75, 3.05) is 6.54 Å². The van der Waals surface area contributed by atoms with Crippen LogP contribution < -0.4 is 5.32 Å². The standard InChI is InChI=1S/C18H20INO.C2H6.ClH/c19-16-9-4-6-14(12-16)13-21-17-10-5-11-20-18(17)15-7-2-1-3-8-15;1-2;/h1-4,6-9,12,17-18,20H,5,10-11,13H2;1-2H3;1H/t17-,18-;;/m0../s1. The summed E-state index contributed by atoms with van der Waals surface area (Å²) in [6, 6.07) is 19.5. The molecule has 0 aliphatic carbocycles. The first-order valence-corrected chi connectivity index (χ1v) is 9.55. The third kappa shape index (κ3) is 6.36. The fraction of sp³-hybridized carbons (Fsp3) is 0.400. The molecule has 1 N–H and O–H groups in total. The number of rotatable bonds is 4. The molecule has 1 saturated heterocycles. The summed E-state index contributed by atoms with van der Waals surface area (Å²) in [5.74, 6) is 0. The maximum absolute atomic E-state index is 6.23. The third-order valence-corrected chi connectivity index (χ3v) is 4.58. The van der Waals surface area contributed by atoms with Gasteiger partial charge in [0.1, 0.15) is 0 Å². The van der Waals surface area contributed by atoms with Crippen LogP contribution in [0.2, 0.25) is 0 Å². The van der Waals surface area contributed by atoms with Gasteiger partial charge in [-0.1, -0.05) is 56.3 Å². The van der Waals surface area contributed by atoms with Gasteiger partial charge < -0.3 is 10.1 Å². The number of nitrogens with one attached hydrogen (secondary N) is 1. The fourth-order valence-corrected chi connectivity index (χ4v) is 3.47. The lowest BCUT2D eigenvalue weighted by Crippen LogP contribution is -2.39. The van der Waals surface area contributed by atoms with Gasteiger partial charge in [-0.2, -0.15) is 0 Å². The molecule has 0 bridgehead atoms. The van der Waals surface area contributed by atoms with Gasteiger partial charge in [0.25, 0.3) is 0 Å². The average molecular weight is 460 g/mol. The molecule has 24 heavy (non-hydrogen) atoms. The zero-order valence-electron chi connectivity index (χ0n) is 14.4. The summed E-state index contributed by atoms with van der Waals surface area (Å²) in [5.41, 5.74) is 2.57. The first-order valence-electron chi connectivity index (χ1n) is 8.47. The van der Waals surface area contributed by atoms with E-state index in [4.69, 9.17) is 4.74 Å². The van der Waals surface area contributed by atoms with Crippen molar-refractivity contribution in [1.82, 2.24) is 5.32 Å². The van der Waals surface area contributed by atoms with Crippen molar-refractivity contribution in [3.05, 3.63) is 69.3 Å². The molecule has 3 rings (SSSR count). The molecule has 0 unspecified atom stereocenters. The summed E-state index contributed by atoms with van der Waals surface area (Å²) in [6.07, 6.45) is 2.55. The first kappa shape index (κ1) is 21.4. The van der Waals surface area contributed by atoms with Crippen molar-refractivity contribution < 1.29 is 4.74 Å². The third-order valence-electron chi connectivity index (χ3n) is 3.91. The topological polar surface area (TPSA) is 21.3 Å². The van der Waals surface area contributed by atoms with Gasteiger partial charge in [-0.05, 0) is 65.2 Å². The Morgan fingerprint density at radius 2 is 1.83 bits per heavy atom. The molecular formula is C20H27ClINO. The molecule has 2 aromatic carbocycles. The van der Waals surface area contributed by atoms with E-state index in [1.807, 2.05) is 13.8 Å². The number of halogens is 2. The molecule has 1 heterocycles. The Morgan fingerprint density at radius 3 is 2.54 bits per heavy atom. The summed E-state index contributed by atoms with van der Waals surface area (Å²) < 4.78 is 7.48. The summed E-state index contributed by atoms with van der Waals surface area (Å²) >= 11 is 2.35. The maximum atomic E-state index is 6.23. The molecular weight excluding hydrogens is 433 g/mol. The Kier molecular flexibility index (Phi) is 10.6. The molecule has 132 valence electrons. The highest BCUT2D eigenvalue weighted by Crippen LogP contribution is 2.27. The minimum Gasteiger partial charge on any atom is -0.372 e. The Balaban J connectivity index is 0.000000925. The van der Waals surface area contributed by atoms with Crippen LogP contribution >= 0.6 is 35.0 Å². The summed E-state index contributed by atoms with van der Waals surface area (Å²) in [7, 11) is 0. The first-order chi connectivity index (χ1) is 11.3. The van der Waals surface area contributed by atoms with Crippen LogP contribution in [0.4, 0.5) is 0 Å². The van der Waals surface area contributed by atoms with Gasteiger partial charge in [0.05, 0.1) is 18.8 Å². The molecule has 1 aliphatic heterocycles. The monoisotopic (exact) mass is 459 g/mol. The Bertz CT molecular complexity index is 579. The predicted molar refractivity (Wildman–Crippen MR) is 113 cm³/mol. The van der Waals surface area contributed by atoms with Gasteiger partial charge in [0, 0.05) is 3.57 Å². The quantitative estimate of drug-likeness (QED) is 0.588. The number of hydrogen-bond donors (Lipinski definition) is 1. The van der Waals surface area contributed by atoms with Crippen LogP contribution in [0.3, 0.4) is 0 Å². The normalized spacial score (nSPS) is 19.6. The number of benzene rings is 2. The van der Waals surface area contributed by atoms with Crippen molar-refractivity contribution in [2.24, 2.45) is 0 Å². The average Bonchev–Trinajstić information content (AvgIpc) is 2.63. The molecule has 2 atom stereocenters. The summed E-state index contributed by atoms with van der Waals surface area (Å²) in [5, 5.41) is 3.61. The Labute approximate surface area is 165 Å². The van der Waals surface area contributed by atoms with Crippen molar-refractivity contribution in [2.45, 2.75) is 45.4 Å². The highest BCUT2D eigenvalue weighted by atomic mass is 127. The van der Waals surface area contributed by atoms with Crippen LogP contribution in [0, 0.1) is 3.57 Å². The van der Waals surface area contributed by atoms with Crippen molar-refractivity contribution in [1.29, 1.82) is 0 Å². The zero-order chi connectivity index (χ0) is 16.5. The van der Waals surface area contributed by atoms with E-state index in [0.29, 0.717) is 12.6 Å². The molecule has 1 fully saturated rings. The van der Waals surface area contributed by atoms with Crippen LogP contribution in [-0.2, 0) is 11.3 Å².